The zero-order valence-electron chi connectivity index (χ0n) is 14.1. The van der Waals surface area contributed by atoms with Gasteiger partial charge in [0.15, 0.2) is 0 Å². The highest BCUT2D eigenvalue weighted by Gasteiger charge is 2.36. The Morgan fingerprint density at radius 2 is 2.19 bits per heavy atom. The molecular weight excluding hydrogens is 403 g/mol. The SMILES string of the molecule is CC(=N)[C@@H]1CC(F)CN1C(=O)CNC(=O)c1ccnc2c(Br)cccc12. The molecule has 2 amide bonds. The lowest BCUT2D eigenvalue weighted by molar-refractivity contribution is -0.130. The highest BCUT2D eigenvalue weighted by Crippen LogP contribution is 2.24. The van der Waals surface area contributed by atoms with Crippen LogP contribution < -0.4 is 5.32 Å². The van der Waals surface area contributed by atoms with Gasteiger partial charge in [-0.25, -0.2) is 4.39 Å². The van der Waals surface area contributed by atoms with Crippen LogP contribution in [0.1, 0.15) is 23.7 Å². The molecule has 1 aromatic carbocycles. The minimum Gasteiger partial charge on any atom is -0.343 e. The third kappa shape index (κ3) is 3.60. The van der Waals surface area contributed by atoms with E-state index in [0.717, 1.165) is 4.47 Å². The van der Waals surface area contributed by atoms with Crippen molar-refractivity contribution in [1.82, 2.24) is 15.2 Å². The van der Waals surface area contributed by atoms with Crippen molar-refractivity contribution in [1.29, 1.82) is 5.41 Å². The van der Waals surface area contributed by atoms with Gasteiger partial charge in [-0.05, 0) is 35.0 Å². The van der Waals surface area contributed by atoms with Crippen molar-refractivity contribution in [2.24, 2.45) is 0 Å². The van der Waals surface area contributed by atoms with Crippen molar-refractivity contribution in [3.63, 3.8) is 0 Å². The summed E-state index contributed by atoms with van der Waals surface area (Å²) in [6.45, 7) is 1.27. The van der Waals surface area contributed by atoms with Crippen LogP contribution in [0.5, 0.6) is 0 Å². The Balaban J connectivity index is 1.72. The van der Waals surface area contributed by atoms with Crippen LogP contribution >= 0.6 is 15.9 Å². The lowest BCUT2D eigenvalue weighted by Crippen LogP contribution is -2.45. The molecule has 2 aromatic rings. The standard InChI is InChI=1S/C18H18BrFN4O2/c1-10(21)15-7-11(20)9-24(15)16(25)8-23-18(26)13-5-6-22-17-12(13)3-2-4-14(17)19/h2-6,11,15,21H,7-9H2,1H3,(H,23,26)/t11?,15-/m0/s1. The van der Waals surface area contributed by atoms with Gasteiger partial charge in [-0.1, -0.05) is 12.1 Å². The molecule has 0 aliphatic carbocycles. The predicted octanol–water partition coefficient (Wildman–Crippen LogP) is 2.71. The molecule has 0 bridgehead atoms. The van der Waals surface area contributed by atoms with E-state index in [4.69, 9.17) is 5.41 Å². The van der Waals surface area contributed by atoms with Crippen molar-refractivity contribution in [3.05, 3.63) is 40.5 Å². The van der Waals surface area contributed by atoms with E-state index in [9.17, 15) is 14.0 Å². The Labute approximate surface area is 158 Å². The Morgan fingerprint density at radius 3 is 2.92 bits per heavy atom. The fourth-order valence-electron chi connectivity index (χ4n) is 3.16. The summed E-state index contributed by atoms with van der Waals surface area (Å²) in [5, 5.41) is 11.0. The minimum absolute atomic E-state index is 0.0409. The van der Waals surface area contributed by atoms with Crippen LogP contribution in [0.2, 0.25) is 0 Å². The van der Waals surface area contributed by atoms with E-state index < -0.39 is 24.0 Å². The Morgan fingerprint density at radius 1 is 1.42 bits per heavy atom. The maximum atomic E-state index is 13.6. The highest BCUT2D eigenvalue weighted by molar-refractivity contribution is 9.10. The molecule has 1 aliphatic rings. The molecule has 1 aliphatic heterocycles. The largest absolute Gasteiger partial charge is 0.343 e. The quantitative estimate of drug-likeness (QED) is 0.745. The molecule has 0 saturated carbocycles. The molecule has 26 heavy (non-hydrogen) atoms. The van der Waals surface area contributed by atoms with Gasteiger partial charge in [0, 0.05) is 28.2 Å². The van der Waals surface area contributed by atoms with Crippen molar-refractivity contribution in [2.75, 3.05) is 13.1 Å². The highest BCUT2D eigenvalue weighted by atomic mass is 79.9. The first-order valence-electron chi connectivity index (χ1n) is 8.18. The number of amides is 2. The number of benzene rings is 1. The third-order valence-electron chi connectivity index (χ3n) is 4.44. The van der Waals surface area contributed by atoms with Crippen LogP contribution in [0.4, 0.5) is 4.39 Å². The zero-order chi connectivity index (χ0) is 18.8. The number of hydrogen-bond donors (Lipinski definition) is 2. The van der Waals surface area contributed by atoms with Crippen molar-refractivity contribution in [2.45, 2.75) is 25.6 Å². The van der Waals surface area contributed by atoms with E-state index in [2.05, 4.69) is 26.2 Å². The second-order valence-electron chi connectivity index (χ2n) is 6.26. The molecule has 1 saturated heterocycles. The Kier molecular flexibility index (Phi) is 5.31. The smallest absolute Gasteiger partial charge is 0.252 e. The Hall–Kier alpha value is -2.35. The summed E-state index contributed by atoms with van der Waals surface area (Å²) < 4.78 is 14.4. The van der Waals surface area contributed by atoms with Gasteiger partial charge in [0.1, 0.15) is 6.17 Å². The van der Waals surface area contributed by atoms with Gasteiger partial charge in [-0.2, -0.15) is 0 Å². The van der Waals surface area contributed by atoms with Crippen LogP contribution in [0, 0.1) is 5.41 Å². The van der Waals surface area contributed by atoms with Crippen LogP contribution in [-0.2, 0) is 4.79 Å². The van der Waals surface area contributed by atoms with E-state index in [0.29, 0.717) is 16.5 Å². The third-order valence-corrected chi connectivity index (χ3v) is 5.08. The van der Waals surface area contributed by atoms with Crippen LogP contribution in [0.25, 0.3) is 10.9 Å². The van der Waals surface area contributed by atoms with Crippen LogP contribution in [0.15, 0.2) is 34.9 Å². The van der Waals surface area contributed by atoms with E-state index in [1.165, 1.54) is 11.1 Å². The molecule has 1 aromatic heterocycles. The average molecular weight is 421 g/mol. The lowest BCUT2D eigenvalue weighted by Gasteiger charge is -2.23. The number of fused-ring (bicyclic) bond motifs is 1. The average Bonchev–Trinajstić information content (AvgIpc) is 3.01. The number of nitrogens with zero attached hydrogens (tertiary/aromatic N) is 2. The topological polar surface area (TPSA) is 86.2 Å². The fraction of sp³-hybridized carbons (Fsp3) is 0.333. The van der Waals surface area contributed by atoms with Gasteiger partial charge in [-0.3, -0.25) is 14.6 Å². The number of aromatic nitrogens is 1. The van der Waals surface area contributed by atoms with Crippen molar-refractivity contribution < 1.29 is 14.0 Å². The van der Waals surface area contributed by atoms with Crippen molar-refractivity contribution in [3.8, 4) is 0 Å². The number of pyridine rings is 1. The molecule has 0 spiro atoms. The molecule has 2 atom stereocenters. The summed E-state index contributed by atoms with van der Waals surface area (Å²) in [6.07, 6.45) is 0.534. The van der Waals surface area contributed by atoms with Crippen LogP contribution in [-0.4, -0.2) is 52.7 Å². The molecule has 3 rings (SSSR count). The molecule has 6 nitrogen and oxygen atoms in total. The second-order valence-corrected chi connectivity index (χ2v) is 7.11. The summed E-state index contributed by atoms with van der Waals surface area (Å²) in [7, 11) is 0. The lowest BCUT2D eigenvalue weighted by atomic mass is 10.1. The van der Waals surface area contributed by atoms with Gasteiger partial charge in [-0.15, -0.1) is 0 Å². The summed E-state index contributed by atoms with van der Waals surface area (Å²) in [4.78, 5) is 30.5. The van der Waals surface area contributed by atoms with Crippen LogP contribution in [0.3, 0.4) is 0 Å². The number of carbonyl (C=O) groups is 2. The molecule has 1 fully saturated rings. The number of carbonyl (C=O) groups excluding carboxylic acids is 2. The van der Waals surface area contributed by atoms with E-state index in [1.54, 1.807) is 25.1 Å². The van der Waals surface area contributed by atoms with E-state index in [-0.39, 0.29) is 25.2 Å². The number of likely N-dealkylation sites (tertiary alicyclic amines) is 1. The molecule has 8 heteroatoms. The number of alkyl halides is 1. The van der Waals surface area contributed by atoms with Gasteiger partial charge >= 0.3 is 0 Å². The first-order chi connectivity index (χ1) is 12.4. The summed E-state index contributed by atoms with van der Waals surface area (Å²) in [5.41, 5.74) is 1.31. The number of halogens is 2. The second kappa shape index (κ2) is 7.49. The number of rotatable bonds is 4. The van der Waals surface area contributed by atoms with E-state index >= 15 is 0 Å². The van der Waals surface area contributed by atoms with Gasteiger partial charge in [0.2, 0.25) is 5.91 Å². The number of nitrogens with one attached hydrogen (secondary N) is 2. The summed E-state index contributed by atoms with van der Waals surface area (Å²) >= 11 is 3.40. The first-order valence-corrected chi connectivity index (χ1v) is 8.97. The molecular formula is C18H18BrFN4O2. The molecule has 1 unspecified atom stereocenters. The number of para-hydroxylation sites is 1. The van der Waals surface area contributed by atoms with Crippen molar-refractivity contribution >= 4 is 44.4 Å². The van der Waals surface area contributed by atoms with Gasteiger partial charge in [0.25, 0.3) is 5.91 Å². The van der Waals surface area contributed by atoms with Gasteiger partial charge < -0.3 is 15.6 Å². The van der Waals surface area contributed by atoms with Gasteiger partial charge in [0.05, 0.1) is 30.2 Å². The van der Waals surface area contributed by atoms with E-state index in [1.807, 2.05) is 6.07 Å². The predicted molar refractivity (Wildman–Crippen MR) is 100 cm³/mol. The molecule has 2 heterocycles. The fourth-order valence-corrected chi connectivity index (χ4v) is 3.63. The summed E-state index contributed by atoms with van der Waals surface area (Å²) in [6, 6.07) is 6.48. The zero-order valence-corrected chi connectivity index (χ0v) is 15.7. The first kappa shape index (κ1) is 18.4. The molecule has 136 valence electrons. The summed E-state index contributed by atoms with van der Waals surface area (Å²) in [5.74, 6) is -0.794. The Bertz CT molecular complexity index is 889. The normalized spacial score (nSPS) is 19.6. The molecule has 0 radical (unpaired) electrons. The monoisotopic (exact) mass is 420 g/mol. The maximum absolute atomic E-state index is 13.6. The molecule has 2 N–H and O–H groups in total. The number of hydrogen-bond acceptors (Lipinski definition) is 4. The maximum Gasteiger partial charge on any atom is 0.252 e. The minimum atomic E-state index is -1.14.